The van der Waals surface area contributed by atoms with Gasteiger partial charge in [0.2, 0.25) is 5.95 Å². The van der Waals surface area contributed by atoms with Crippen molar-refractivity contribution in [1.29, 1.82) is 0 Å². The summed E-state index contributed by atoms with van der Waals surface area (Å²) >= 11 is 7.36. The lowest BCUT2D eigenvalue weighted by Gasteiger charge is -2.27. The van der Waals surface area contributed by atoms with Gasteiger partial charge in [-0.25, -0.2) is 15.0 Å². The number of fused-ring (bicyclic) bond motifs is 1. The smallest absolute Gasteiger partial charge is 0.220 e. The lowest BCUT2D eigenvalue weighted by Crippen LogP contribution is -2.30. The van der Waals surface area contributed by atoms with Gasteiger partial charge in [0.05, 0.1) is 5.69 Å². The minimum Gasteiger partial charge on any atom is -0.368 e. The maximum Gasteiger partial charge on any atom is 0.220 e. The largest absolute Gasteiger partial charge is 0.368 e. The van der Waals surface area contributed by atoms with Gasteiger partial charge in [-0.05, 0) is 0 Å². The van der Waals surface area contributed by atoms with E-state index in [-0.39, 0.29) is 0 Å². The van der Waals surface area contributed by atoms with Crippen molar-refractivity contribution in [3.63, 3.8) is 0 Å². The molecule has 0 atom stereocenters. The summed E-state index contributed by atoms with van der Waals surface area (Å²) in [4.78, 5) is 15.9. The summed E-state index contributed by atoms with van der Waals surface area (Å²) < 4.78 is 0.596. The van der Waals surface area contributed by atoms with Crippen LogP contribution < -0.4 is 5.73 Å². The van der Waals surface area contributed by atoms with E-state index in [4.69, 9.17) is 17.3 Å². The minimum absolute atomic E-state index is 0.358. The topological polar surface area (TPSA) is 67.9 Å². The van der Waals surface area contributed by atoms with Crippen molar-refractivity contribution in [2.45, 2.75) is 19.5 Å². The lowest BCUT2D eigenvalue weighted by atomic mass is 10.1. The van der Waals surface area contributed by atoms with E-state index in [1.807, 2.05) is 12.4 Å². The van der Waals surface area contributed by atoms with Gasteiger partial charge < -0.3 is 5.73 Å². The van der Waals surface area contributed by atoms with Crippen LogP contribution in [0.1, 0.15) is 16.1 Å². The van der Waals surface area contributed by atoms with Crippen molar-refractivity contribution in [3.8, 4) is 0 Å². The van der Waals surface area contributed by atoms with Gasteiger partial charge in [-0.3, -0.25) is 4.90 Å². The van der Waals surface area contributed by atoms with Crippen molar-refractivity contribution in [2.75, 3.05) is 12.3 Å². The molecule has 0 unspecified atom stereocenters. The molecule has 2 aromatic rings. The Hall–Kier alpha value is -1.24. The fourth-order valence-electron chi connectivity index (χ4n) is 2.10. The first-order valence-corrected chi connectivity index (χ1v) is 6.83. The van der Waals surface area contributed by atoms with Crippen molar-refractivity contribution in [3.05, 3.63) is 33.0 Å². The second kappa shape index (κ2) is 4.79. The normalized spacial score (nSPS) is 15.6. The molecule has 3 heterocycles. The number of nitrogen functional groups attached to an aromatic ring is 1. The van der Waals surface area contributed by atoms with Crippen LogP contribution in [0.4, 0.5) is 5.95 Å². The molecule has 2 N–H and O–H groups in total. The number of rotatable bonds is 2. The predicted molar refractivity (Wildman–Crippen MR) is 71.4 cm³/mol. The van der Waals surface area contributed by atoms with Crippen molar-refractivity contribution < 1.29 is 0 Å². The first kappa shape index (κ1) is 11.8. The van der Waals surface area contributed by atoms with Gasteiger partial charge in [-0.15, -0.1) is 11.3 Å². The molecule has 2 aromatic heterocycles. The van der Waals surface area contributed by atoms with E-state index < -0.39 is 0 Å². The highest BCUT2D eigenvalue weighted by Gasteiger charge is 2.18. The zero-order chi connectivity index (χ0) is 12.5. The molecule has 0 aromatic carbocycles. The molecule has 18 heavy (non-hydrogen) atoms. The molecule has 0 aliphatic carbocycles. The Kier molecular flexibility index (Phi) is 3.15. The van der Waals surface area contributed by atoms with Crippen molar-refractivity contribution in [2.24, 2.45) is 0 Å². The van der Waals surface area contributed by atoms with Gasteiger partial charge in [0.1, 0.15) is 0 Å². The van der Waals surface area contributed by atoms with E-state index in [1.54, 1.807) is 0 Å². The highest BCUT2D eigenvalue weighted by Crippen LogP contribution is 2.23. The molecule has 0 amide bonds. The summed E-state index contributed by atoms with van der Waals surface area (Å²) in [6.07, 6.45) is 4.57. The SMILES string of the molecule is Nc1ncc2c(n1)CCN(Cc1cnc(Cl)s1)C2. The van der Waals surface area contributed by atoms with E-state index in [0.717, 1.165) is 37.3 Å². The van der Waals surface area contributed by atoms with E-state index in [1.165, 1.54) is 16.2 Å². The van der Waals surface area contributed by atoms with Crippen molar-refractivity contribution in [1.82, 2.24) is 19.9 Å². The van der Waals surface area contributed by atoms with Crippen LogP contribution >= 0.6 is 22.9 Å². The Bertz CT molecular complexity index is 570. The van der Waals surface area contributed by atoms with Crippen LogP contribution in [-0.2, 0) is 19.5 Å². The zero-order valence-electron chi connectivity index (χ0n) is 9.64. The van der Waals surface area contributed by atoms with Gasteiger partial charge >= 0.3 is 0 Å². The highest BCUT2D eigenvalue weighted by atomic mass is 35.5. The molecule has 1 aliphatic heterocycles. The fourth-order valence-corrected chi connectivity index (χ4v) is 3.12. The van der Waals surface area contributed by atoms with E-state index in [2.05, 4.69) is 19.9 Å². The summed E-state index contributed by atoms with van der Waals surface area (Å²) in [5.41, 5.74) is 7.81. The minimum atomic E-state index is 0.358. The predicted octanol–water partition coefficient (Wildman–Crippen LogP) is 1.73. The van der Waals surface area contributed by atoms with Crippen molar-refractivity contribution >= 4 is 28.9 Å². The summed E-state index contributed by atoms with van der Waals surface area (Å²) in [5.74, 6) is 0.358. The monoisotopic (exact) mass is 281 g/mol. The van der Waals surface area contributed by atoms with Gasteiger partial charge in [0, 0.05) is 48.9 Å². The average Bonchev–Trinajstić information content (AvgIpc) is 2.75. The van der Waals surface area contributed by atoms with Crippen LogP contribution in [0.25, 0.3) is 0 Å². The summed E-state index contributed by atoms with van der Waals surface area (Å²) in [5, 5.41) is 0. The molecule has 1 aliphatic rings. The molecule has 3 rings (SSSR count). The number of hydrogen-bond donors (Lipinski definition) is 1. The average molecular weight is 282 g/mol. The van der Waals surface area contributed by atoms with Gasteiger partial charge in [0.25, 0.3) is 0 Å². The quantitative estimate of drug-likeness (QED) is 0.908. The molecule has 0 fully saturated rings. The molecule has 0 saturated heterocycles. The maximum atomic E-state index is 5.83. The van der Waals surface area contributed by atoms with Gasteiger partial charge in [-0.2, -0.15) is 0 Å². The third-order valence-electron chi connectivity index (χ3n) is 2.94. The molecular weight excluding hydrogens is 270 g/mol. The van der Waals surface area contributed by atoms with Gasteiger partial charge in [-0.1, -0.05) is 11.6 Å². The second-order valence-corrected chi connectivity index (χ2v) is 5.94. The Morgan fingerprint density at radius 2 is 2.28 bits per heavy atom. The second-order valence-electron chi connectivity index (χ2n) is 4.24. The summed E-state index contributed by atoms with van der Waals surface area (Å²) in [6.45, 7) is 2.69. The first-order valence-electron chi connectivity index (χ1n) is 5.63. The number of halogens is 1. The van der Waals surface area contributed by atoms with Crippen LogP contribution in [0, 0.1) is 0 Å². The third-order valence-corrected chi connectivity index (χ3v) is 4.04. The highest BCUT2D eigenvalue weighted by molar-refractivity contribution is 7.15. The Balaban J connectivity index is 1.73. The van der Waals surface area contributed by atoms with E-state index >= 15 is 0 Å². The fraction of sp³-hybridized carbons (Fsp3) is 0.364. The summed E-state index contributed by atoms with van der Waals surface area (Å²) in [7, 11) is 0. The molecule has 0 saturated carbocycles. The Morgan fingerprint density at radius 1 is 1.39 bits per heavy atom. The molecule has 7 heteroatoms. The number of nitrogens with two attached hydrogens (primary N) is 1. The van der Waals surface area contributed by atoms with Crippen LogP contribution in [0.15, 0.2) is 12.4 Å². The zero-order valence-corrected chi connectivity index (χ0v) is 11.2. The van der Waals surface area contributed by atoms with Crippen LogP contribution in [-0.4, -0.2) is 26.4 Å². The Labute approximate surface area is 114 Å². The van der Waals surface area contributed by atoms with E-state index in [9.17, 15) is 0 Å². The summed E-state index contributed by atoms with van der Waals surface area (Å²) in [6, 6.07) is 0. The van der Waals surface area contributed by atoms with E-state index in [0.29, 0.717) is 10.4 Å². The first-order chi connectivity index (χ1) is 8.70. The third kappa shape index (κ3) is 2.45. The number of thiazole rings is 1. The molecule has 94 valence electrons. The standard InChI is InChI=1S/C11H12ClN5S/c12-10-14-4-8(18-10)6-17-2-1-9-7(5-17)3-15-11(13)16-9/h3-4H,1-2,5-6H2,(H2,13,15,16). The van der Waals surface area contributed by atoms with Crippen LogP contribution in [0.3, 0.4) is 0 Å². The maximum absolute atomic E-state index is 5.83. The number of aromatic nitrogens is 3. The van der Waals surface area contributed by atoms with Crippen LogP contribution in [0.5, 0.6) is 0 Å². The Morgan fingerprint density at radius 3 is 3.06 bits per heavy atom. The number of hydrogen-bond acceptors (Lipinski definition) is 6. The molecule has 0 bridgehead atoms. The lowest BCUT2D eigenvalue weighted by molar-refractivity contribution is 0.245. The molecular formula is C11H12ClN5S. The molecule has 0 radical (unpaired) electrons. The number of anilines is 1. The van der Waals surface area contributed by atoms with Crippen LogP contribution in [0.2, 0.25) is 4.47 Å². The van der Waals surface area contributed by atoms with Gasteiger partial charge in [0.15, 0.2) is 4.47 Å². The molecule has 5 nitrogen and oxygen atoms in total. The molecule has 0 spiro atoms. The number of nitrogens with zero attached hydrogens (tertiary/aromatic N) is 4.